The van der Waals surface area contributed by atoms with Gasteiger partial charge in [0.15, 0.2) is 0 Å². The molecule has 0 saturated heterocycles. The quantitative estimate of drug-likeness (QED) is 0.348. The van der Waals surface area contributed by atoms with E-state index in [4.69, 9.17) is 0 Å². The smallest absolute Gasteiger partial charge is 0.334 e. The standard InChI is InChI=1S/C12H12O4S/c1-10(13)15-9-16-12(14)7-8-17-11-5-3-2-4-6-11/h2-8H,9H2,1H3/b8-7+. The molecule has 1 rings (SSSR count). The lowest BCUT2D eigenvalue weighted by Crippen LogP contribution is -2.08. The Morgan fingerprint density at radius 3 is 2.59 bits per heavy atom. The minimum absolute atomic E-state index is 0.353. The molecule has 0 bridgehead atoms. The van der Waals surface area contributed by atoms with E-state index in [1.165, 1.54) is 24.8 Å². The topological polar surface area (TPSA) is 52.6 Å². The highest BCUT2D eigenvalue weighted by Crippen LogP contribution is 2.17. The maximum absolute atomic E-state index is 11.1. The summed E-state index contributed by atoms with van der Waals surface area (Å²) in [4.78, 5) is 22.5. The molecule has 1 aromatic rings. The van der Waals surface area contributed by atoms with Gasteiger partial charge in [-0.25, -0.2) is 4.79 Å². The van der Waals surface area contributed by atoms with Crippen LogP contribution < -0.4 is 0 Å². The Hall–Kier alpha value is -1.75. The van der Waals surface area contributed by atoms with Crippen molar-refractivity contribution in [2.45, 2.75) is 11.8 Å². The molecule has 0 heterocycles. The van der Waals surface area contributed by atoms with Crippen LogP contribution in [0, 0.1) is 0 Å². The second-order valence-corrected chi connectivity index (χ2v) is 3.93. The zero-order chi connectivity index (χ0) is 12.5. The van der Waals surface area contributed by atoms with Gasteiger partial charge in [0.1, 0.15) is 0 Å². The van der Waals surface area contributed by atoms with Gasteiger partial charge in [0.05, 0.1) is 0 Å². The van der Waals surface area contributed by atoms with E-state index in [0.29, 0.717) is 0 Å². The number of rotatable bonds is 5. The van der Waals surface area contributed by atoms with E-state index in [1.807, 2.05) is 30.3 Å². The Morgan fingerprint density at radius 1 is 1.24 bits per heavy atom. The SMILES string of the molecule is CC(=O)OCOC(=O)/C=C/Sc1ccccc1. The molecule has 0 saturated carbocycles. The van der Waals surface area contributed by atoms with Gasteiger partial charge in [0, 0.05) is 17.9 Å². The van der Waals surface area contributed by atoms with Crippen molar-refractivity contribution in [2.24, 2.45) is 0 Å². The van der Waals surface area contributed by atoms with Crippen molar-refractivity contribution in [3.63, 3.8) is 0 Å². The van der Waals surface area contributed by atoms with Gasteiger partial charge < -0.3 is 9.47 Å². The highest BCUT2D eigenvalue weighted by atomic mass is 32.2. The summed E-state index contributed by atoms with van der Waals surface area (Å²) in [6, 6.07) is 9.60. The molecule has 17 heavy (non-hydrogen) atoms. The third kappa shape index (κ3) is 6.42. The number of hydrogen-bond donors (Lipinski definition) is 0. The minimum Gasteiger partial charge on any atom is -0.428 e. The zero-order valence-corrected chi connectivity index (χ0v) is 10.1. The van der Waals surface area contributed by atoms with Crippen LogP contribution in [0.15, 0.2) is 46.7 Å². The van der Waals surface area contributed by atoms with E-state index in [1.54, 1.807) is 5.41 Å². The van der Waals surface area contributed by atoms with E-state index in [2.05, 4.69) is 9.47 Å². The zero-order valence-electron chi connectivity index (χ0n) is 9.29. The first kappa shape index (κ1) is 13.3. The van der Waals surface area contributed by atoms with Crippen LogP contribution in [0.3, 0.4) is 0 Å². The summed E-state index contributed by atoms with van der Waals surface area (Å²) in [5, 5.41) is 1.62. The summed E-state index contributed by atoms with van der Waals surface area (Å²) >= 11 is 1.40. The average molecular weight is 252 g/mol. The molecule has 0 fully saturated rings. The third-order valence-corrected chi connectivity index (χ3v) is 2.43. The number of carbonyl (C=O) groups is 2. The van der Waals surface area contributed by atoms with Gasteiger partial charge in [-0.05, 0) is 17.5 Å². The van der Waals surface area contributed by atoms with E-state index in [9.17, 15) is 9.59 Å². The molecule has 4 nitrogen and oxygen atoms in total. The molecule has 0 amide bonds. The van der Waals surface area contributed by atoms with Crippen LogP contribution in [-0.4, -0.2) is 18.7 Å². The molecule has 0 aromatic heterocycles. The summed E-state index contributed by atoms with van der Waals surface area (Å²) in [5.74, 6) is -1.03. The van der Waals surface area contributed by atoms with Gasteiger partial charge in [-0.2, -0.15) is 0 Å². The van der Waals surface area contributed by atoms with Crippen LogP contribution in [-0.2, 0) is 19.1 Å². The summed E-state index contributed by atoms with van der Waals surface area (Å²) < 4.78 is 9.06. The van der Waals surface area contributed by atoms with Gasteiger partial charge >= 0.3 is 11.9 Å². The monoisotopic (exact) mass is 252 g/mol. The lowest BCUT2D eigenvalue weighted by atomic mass is 10.4. The molecular formula is C12H12O4S. The highest BCUT2D eigenvalue weighted by Gasteiger charge is 1.98. The summed E-state index contributed by atoms with van der Waals surface area (Å²) in [6.45, 7) is 0.892. The van der Waals surface area contributed by atoms with E-state index < -0.39 is 11.9 Å². The Labute approximate surface area is 104 Å². The number of hydrogen-bond acceptors (Lipinski definition) is 5. The molecular weight excluding hydrogens is 240 g/mol. The van der Waals surface area contributed by atoms with Gasteiger partial charge in [-0.3, -0.25) is 4.79 Å². The van der Waals surface area contributed by atoms with Gasteiger partial charge in [-0.15, -0.1) is 0 Å². The van der Waals surface area contributed by atoms with Crippen molar-refractivity contribution in [2.75, 3.05) is 6.79 Å². The number of ether oxygens (including phenoxy) is 2. The fraction of sp³-hybridized carbons (Fsp3) is 0.167. The Kier molecular flexibility index (Phi) is 5.88. The molecule has 0 unspecified atom stereocenters. The van der Waals surface area contributed by atoms with Gasteiger partial charge in [-0.1, -0.05) is 30.0 Å². The second kappa shape index (κ2) is 7.51. The number of thioether (sulfide) groups is 1. The van der Waals surface area contributed by atoms with Crippen molar-refractivity contribution in [1.29, 1.82) is 0 Å². The molecule has 0 atom stereocenters. The van der Waals surface area contributed by atoms with Crippen LogP contribution in [0.25, 0.3) is 0 Å². The first-order valence-electron chi connectivity index (χ1n) is 4.87. The predicted molar refractivity (Wildman–Crippen MR) is 64.2 cm³/mol. The first-order chi connectivity index (χ1) is 8.18. The van der Waals surface area contributed by atoms with Crippen LogP contribution in [0.5, 0.6) is 0 Å². The van der Waals surface area contributed by atoms with E-state index in [-0.39, 0.29) is 6.79 Å². The molecule has 0 N–H and O–H groups in total. The summed E-state index contributed by atoms with van der Waals surface area (Å²) in [6.07, 6.45) is 1.28. The van der Waals surface area contributed by atoms with E-state index in [0.717, 1.165) is 4.90 Å². The van der Waals surface area contributed by atoms with Crippen LogP contribution in [0.4, 0.5) is 0 Å². The molecule has 0 aliphatic carbocycles. The minimum atomic E-state index is -0.547. The van der Waals surface area contributed by atoms with Crippen LogP contribution >= 0.6 is 11.8 Å². The molecule has 0 spiro atoms. The summed E-state index contributed by atoms with van der Waals surface area (Å²) in [5.41, 5.74) is 0. The normalized spacial score (nSPS) is 10.2. The summed E-state index contributed by atoms with van der Waals surface area (Å²) in [7, 11) is 0. The highest BCUT2D eigenvalue weighted by molar-refractivity contribution is 8.02. The Bertz CT molecular complexity index is 400. The maximum Gasteiger partial charge on any atom is 0.334 e. The van der Waals surface area contributed by atoms with Crippen molar-refractivity contribution >= 4 is 23.7 Å². The molecule has 0 aliphatic rings. The lowest BCUT2D eigenvalue weighted by molar-refractivity contribution is -0.162. The number of carbonyl (C=O) groups excluding carboxylic acids is 2. The number of benzene rings is 1. The van der Waals surface area contributed by atoms with Gasteiger partial charge in [0.2, 0.25) is 6.79 Å². The lowest BCUT2D eigenvalue weighted by Gasteiger charge is -2.00. The largest absolute Gasteiger partial charge is 0.428 e. The Balaban J connectivity index is 2.24. The van der Waals surface area contributed by atoms with Crippen LogP contribution in [0.1, 0.15) is 6.92 Å². The maximum atomic E-state index is 11.1. The van der Waals surface area contributed by atoms with Crippen molar-refractivity contribution in [1.82, 2.24) is 0 Å². The third-order valence-electron chi connectivity index (χ3n) is 1.61. The first-order valence-corrected chi connectivity index (χ1v) is 5.75. The molecule has 90 valence electrons. The fourth-order valence-corrected chi connectivity index (χ4v) is 1.54. The molecule has 1 aromatic carbocycles. The Morgan fingerprint density at radius 2 is 1.94 bits per heavy atom. The van der Waals surface area contributed by atoms with Crippen LogP contribution in [0.2, 0.25) is 0 Å². The van der Waals surface area contributed by atoms with E-state index >= 15 is 0 Å². The molecule has 5 heteroatoms. The fourth-order valence-electron chi connectivity index (χ4n) is 0.886. The average Bonchev–Trinajstić information content (AvgIpc) is 2.30. The predicted octanol–water partition coefficient (Wildman–Crippen LogP) is 2.36. The molecule has 0 radical (unpaired) electrons. The number of esters is 2. The van der Waals surface area contributed by atoms with Crippen molar-refractivity contribution in [3.8, 4) is 0 Å². The van der Waals surface area contributed by atoms with Gasteiger partial charge in [0.25, 0.3) is 0 Å². The molecule has 0 aliphatic heterocycles. The van der Waals surface area contributed by atoms with Crippen molar-refractivity contribution in [3.05, 3.63) is 41.8 Å². The van der Waals surface area contributed by atoms with Crippen molar-refractivity contribution < 1.29 is 19.1 Å². The second-order valence-electron chi connectivity index (χ2n) is 2.95.